The Morgan fingerprint density at radius 1 is 1.27 bits per heavy atom. The molecule has 138 valence electrons. The van der Waals surface area contributed by atoms with Crippen LogP contribution < -0.4 is 15.4 Å². The molecule has 3 rings (SSSR count). The van der Waals surface area contributed by atoms with E-state index < -0.39 is 0 Å². The van der Waals surface area contributed by atoms with Crippen molar-refractivity contribution < 1.29 is 4.74 Å². The Bertz CT molecular complexity index is 791. The van der Waals surface area contributed by atoms with Gasteiger partial charge in [-0.2, -0.15) is 4.98 Å². The lowest BCUT2D eigenvalue weighted by molar-refractivity contribution is 0.416. The molecule has 1 aliphatic rings. The van der Waals surface area contributed by atoms with Gasteiger partial charge in [0.2, 0.25) is 5.95 Å². The van der Waals surface area contributed by atoms with Gasteiger partial charge in [0.1, 0.15) is 11.6 Å². The van der Waals surface area contributed by atoms with E-state index in [9.17, 15) is 0 Å². The Balaban J connectivity index is 1.64. The molecule has 0 fully saturated rings. The van der Waals surface area contributed by atoms with Crippen molar-refractivity contribution in [1.29, 1.82) is 0 Å². The minimum atomic E-state index is 0.621. The molecule has 0 aliphatic heterocycles. The number of allylic oxidation sites excluding steroid dienone is 1. The Morgan fingerprint density at radius 2 is 2.15 bits per heavy atom. The molecule has 0 radical (unpaired) electrons. The van der Waals surface area contributed by atoms with E-state index in [4.69, 9.17) is 16.3 Å². The van der Waals surface area contributed by atoms with Crippen molar-refractivity contribution in [1.82, 2.24) is 9.97 Å². The molecule has 0 saturated heterocycles. The van der Waals surface area contributed by atoms with Gasteiger partial charge in [0.05, 0.1) is 12.8 Å². The number of nitrogens with zero attached hydrogens (tertiary/aromatic N) is 2. The summed E-state index contributed by atoms with van der Waals surface area (Å²) in [7, 11) is 1.62. The largest absolute Gasteiger partial charge is 0.495 e. The van der Waals surface area contributed by atoms with E-state index in [-0.39, 0.29) is 0 Å². The van der Waals surface area contributed by atoms with Crippen LogP contribution in [-0.4, -0.2) is 23.6 Å². The zero-order chi connectivity index (χ0) is 18.4. The van der Waals surface area contributed by atoms with Gasteiger partial charge in [-0.1, -0.05) is 23.3 Å². The molecule has 0 unspecified atom stereocenters. The quantitative estimate of drug-likeness (QED) is 0.629. The fraction of sp³-hybridized carbons (Fsp3) is 0.400. The van der Waals surface area contributed by atoms with Crippen molar-refractivity contribution in [2.24, 2.45) is 0 Å². The summed E-state index contributed by atoms with van der Waals surface area (Å²) in [4.78, 5) is 8.84. The highest BCUT2D eigenvalue weighted by atomic mass is 35.5. The first-order chi connectivity index (χ1) is 12.7. The van der Waals surface area contributed by atoms with Crippen molar-refractivity contribution >= 4 is 29.1 Å². The van der Waals surface area contributed by atoms with Gasteiger partial charge in [0.25, 0.3) is 0 Å². The summed E-state index contributed by atoms with van der Waals surface area (Å²) in [5.74, 6) is 2.01. The summed E-state index contributed by atoms with van der Waals surface area (Å²) in [6.45, 7) is 2.80. The smallest absolute Gasteiger partial charge is 0.224 e. The van der Waals surface area contributed by atoms with Crippen LogP contribution >= 0.6 is 11.6 Å². The maximum Gasteiger partial charge on any atom is 0.224 e. The monoisotopic (exact) mass is 372 g/mol. The number of halogens is 1. The molecule has 2 N–H and O–H groups in total. The van der Waals surface area contributed by atoms with Gasteiger partial charge in [0, 0.05) is 23.8 Å². The molecule has 1 aliphatic carbocycles. The van der Waals surface area contributed by atoms with Gasteiger partial charge in [-0.3, -0.25) is 0 Å². The fourth-order valence-corrected chi connectivity index (χ4v) is 3.20. The Kier molecular flexibility index (Phi) is 6.34. The average molecular weight is 373 g/mol. The summed E-state index contributed by atoms with van der Waals surface area (Å²) in [5.41, 5.74) is 3.34. The number of ether oxygens (including phenoxy) is 1. The molecule has 0 atom stereocenters. The predicted octanol–water partition coefficient (Wildman–Crippen LogP) is 5.49. The Morgan fingerprint density at radius 3 is 2.92 bits per heavy atom. The molecule has 0 bridgehead atoms. The van der Waals surface area contributed by atoms with Crippen molar-refractivity contribution in [3.63, 3.8) is 0 Å². The number of benzene rings is 1. The van der Waals surface area contributed by atoms with E-state index in [1.807, 2.05) is 19.1 Å². The highest BCUT2D eigenvalue weighted by Crippen LogP contribution is 2.32. The highest BCUT2D eigenvalue weighted by molar-refractivity contribution is 6.31. The lowest BCUT2D eigenvalue weighted by atomic mass is 9.97. The minimum absolute atomic E-state index is 0.621. The Hall–Kier alpha value is -2.27. The molecule has 26 heavy (non-hydrogen) atoms. The first kappa shape index (κ1) is 18.5. The molecule has 1 aromatic heterocycles. The lowest BCUT2D eigenvalue weighted by Gasteiger charge is -2.14. The molecule has 0 spiro atoms. The molecule has 1 heterocycles. The number of methoxy groups -OCH3 is 1. The SMILES string of the molecule is COc1cc(Cl)c(C)cc1Nc1ccnc(NCCC2=CCCCC2)n1. The number of anilines is 3. The van der Waals surface area contributed by atoms with Crippen LogP contribution in [0.1, 0.15) is 37.7 Å². The van der Waals surface area contributed by atoms with E-state index in [2.05, 4.69) is 26.7 Å². The molecule has 6 heteroatoms. The lowest BCUT2D eigenvalue weighted by Crippen LogP contribution is -2.08. The zero-order valence-electron chi connectivity index (χ0n) is 15.3. The molecule has 5 nitrogen and oxygen atoms in total. The molecule has 0 saturated carbocycles. The third-order valence-electron chi connectivity index (χ3n) is 4.51. The predicted molar refractivity (Wildman–Crippen MR) is 108 cm³/mol. The van der Waals surface area contributed by atoms with Crippen LogP contribution in [0.3, 0.4) is 0 Å². The third kappa shape index (κ3) is 4.88. The second-order valence-corrected chi connectivity index (χ2v) is 6.88. The summed E-state index contributed by atoms with van der Waals surface area (Å²) in [6.07, 6.45) is 10.2. The summed E-state index contributed by atoms with van der Waals surface area (Å²) < 4.78 is 5.40. The Labute approximate surface area is 159 Å². The van der Waals surface area contributed by atoms with E-state index in [1.165, 1.54) is 25.7 Å². The number of aryl methyl sites for hydroxylation is 1. The summed E-state index contributed by atoms with van der Waals surface area (Å²) in [6, 6.07) is 5.58. The topological polar surface area (TPSA) is 59.1 Å². The van der Waals surface area contributed by atoms with Crippen molar-refractivity contribution in [2.45, 2.75) is 39.0 Å². The maximum atomic E-state index is 6.17. The first-order valence-electron chi connectivity index (χ1n) is 9.01. The van der Waals surface area contributed by atoms with Crippen molar-refractivity contribution in [2.75, 3.05) is 24.3 Å². The van der Waals surface area contributed by atoms with Gasteiger partial charge in [0.15, 0.2) is 0 Å². The van der Waals surface area contributed by atoms with Crippen LogP contribution in [0.15, 0.2) is 36.0 Å². The fourth-order valence-electron chi connectivity index (χ4n) is 3.05. The van der Waals surface area contributed by atoms with Crippen LogP contribution in [0, 0.1) is 6.92 Å². The van der Waals surface area contributed by atoms with Crippen LogP contribution in [0.25, 0.3) is 0 Å². The zero-order valence-corrected chi connectivity index (χ0v) is 16.1. The van der Waals surface area contributed by atoms with E-state index in [0.717, 1.165) is 24.2 Å². The van der Waals surface area contributed by atoms with Gasteiger partial charge >= 0.3 is 0 Å². The molecule has 2 aromatic rings. The van der Waals surface area contributed by atoms with Crippen molar-refractivity contribution in [3.8, 4) is 5.75 Å². The molecular formula is C20H25ClN4O. The summed E-state index contributed by atoms with van der Waals surface area (Å²) >= 11 is 6.17. The van der Waals surface area contributed by atoms with Gasteiger partial charge in [-0.25, -0.2) is 4.98 Å². The number of aromatic nitrogens is 2. The summed E-state index contributed by atoms with van der Waals surface area (Å²) in [5, 5.41) is 7.27. The van der Waals surface area contributed by atoms with Crippen LogP contribution in [-0.2, 0) is 0 Å². The molecule has 1 aromatic carbocycles. The second-order valence-electron chi connectivity index (χ2n) is 6.48. The number of hydrogen-bond acceptors (Lipinski definition) is 5. The number of rotatable bonds is 7. The minimum Gasteiger partial charge on any atom is -0.495 e. The first-order valence-corrected chi connectivity index (χ1v) is 9.39. The third-order valence-corrected chi connectivity index (χ3v) is 4.92. The van der Waals surface area contributed by atoms with Crippen molar-refractivity contribution in [3.05, 3.63) is 46.6 Å². The second kappa shape index (κ2) is 8.90. The normalized spacial score (nSPS) is 13.9. The van der Waals surface area contributed by atoms with E-state index >= 15 is 0 Å². The number of nitrogens with one attached hydrogen (secondary N) is 2. The van der Waals surface area contributed by atoms with Crippen LogP contribution in [0.4, 0.5) is 17.5 Å². The highest BCUT2D eigenvalue weighted by Gasteiger charge is 2.09. The van der Waals surface area contributed by atoms with E-state index in [0.29, 0.717) is 22.5 Å². The average Bonchev–Trinajstić information content (AvgIpc) is 2.66. The van der Waals surface area contributed by atoms with Gasteiger partial charge in [-0.05, 0) is 56.7 Å². The standard InChI is InChI=1S/C20H25ClN4O/c1-14-12-17(18(26-2)13-16(14)21)24-19-9-11-23-20(25-19)22-10-8-15-6-4-3-5-7-15/h6,9,11-13H,3-5,7-8,10H2,1-2H3,(H2,22,23,24,25). The van der Waals surface area contributed by atoms with Crippen LogP contribution in [0.5, 0.6) is 5.75 Å². The van der Waals surface area contributed by atoms with Gasteiger partial charge < -0.3 is 15.4 Å². The molecular weight excluding hydrogens is 348 g/mol. The van der Waals surface area contributed by atoms with E-state index in [1.54, 1.807) is 24.9 Å². The number of hydrogen-bond donors (Lipinski definition) is 2. The van der Waals surface area contributed by atoms with Crippen LogP contribution in [0.2, 0.25) is 5.02 Å². The maximum absolute atomic E-state index is 6.17. The van der Waals surface area contributed by atoms with Gasteiger partial charge in [-0.15, -0.1) is 0 Å². The molecule has 0 amide bonds.